The van der Waals surface area contributed by atoms with Crippen LogP contribution < -0.4 is 9.47 Å². The first-order valence-electron chi connectivity index (χ1n) is 5.01. The van der Waals surface area contributed by atoms with E-state index in [0.29, 0.717) is 16.1 Å². The van der Waals surface area contributed by atoms with Crippen molar-refractivity contribution in [3.8, 4) is 22.6 Å². The van der Waals surface area contributed by atoms with E-state index in [4.69, 9.17) is 21.7 Å². The molecule has 1 aromatic carbocycles. The number of nitrogens with one attached hydrogen (secondary N) is 1. The SMILES string of the molecule is COc1ccc(-c2cn[nH]c(=S)c2)cc1OC. The number of nitrogens with zero attached hydrogens (tertiary/aromatic N) is 1. The summed E-state index contributed by atoms with van der Waals surface area (Å²) in [6, 6.07) is 7.54. The number of H-pyrrole nitrogens is 1. The van der Waals surface area contributed by atoms with Crippen molar-refractivity contribution in [2.24, 2.45) is 0 Å². The van der Waals surface area contributed by atoms with Crippen molar-refractivity contribution in [2.45, 2.75) is 0 Å². The second-order valence-corrected chi connectivity index (χ2v) is 3.84. The number of hydrogen-bond acceptors (Lipinski definition) is 4. The minimum atomic E-state index is 0.595. The summed E-state index contributed by atoms with van der Waals surface area (Å²) in [5, 5.41) is 6.66. The van der Waals surface area contributed by atoms with E-state index in [-0.39, 0.29) is 0 Å². The molecule has 0 atom stereocenters. The van der Waals surface area contributed by atoms with E-state index in [0.717, 1.165) is 11.1 Å². The maximum Gasteiger partial charge on any atom is 0.161 e. The maximum absolute atomic E-state index is 5.25. The van der Waals surface area contributed by atoms with E-state index in [2.05, 4.69) is 10.2 Å². The largest absolute Gasteiger partial charge is 0.493 e. The third-order valence-electron chi connectivity index (χ3n) is 2.38. The average Bonchev–Trinajstić information content (AvgIpc) is 2.38. The molecule has 0 fully saturated rings. The quantitative estimate of drug-likeness (QED) is 0.848. The van der Waals surface area contributed by atoms with Gasteiger partial charge in [0.05, 0.1) is 20.4 Å². The Morgan fingerprint density at radius 3 is 2.47 bits per heavy atom. The van der Waals surface area contributed by atoms with Crippen LogP contribution in [-0.4, -0.2) is 24.4 Å². The number of aromatic amines is 1. The van der Waals surface area contributed by atoms with Crippen molar-refractivity contribution < 1.29 is 9.47 Å². The van der Waals surface area contributed by atoms with E-state index >= 15 is 0 Å². The number of benzene rings is 1. The number of rotatable bonds is 3. The summed E-state index contributed by atoms with van der Waals surface area (Å²) in [6.07, 6.45) is 1.72. The smallest absolute Gasteiger partial charge is 0.161 e. The molecule has 0 aliphatic carbocycles. The van der Waals surface area contributed by atoms with E-state index in [1.54, 1.807) is 20.4 Å². The average molecular weight is 248 g/mol. The molecule has 1 heterocycles. The molecule has 0 saturated heterocycles. The van der Waals surface area contributed by atoms with Crippen LogP contribution in [0.4, 0.5) is 0 Å². The fourth-order valence-corrected chi connectivity index (χ4v) is 1.73. The fraction of sp³-hybridized carbons (Fsp3) is 0.167. The lowest BCUT2D eigenvalue weighted by molar-refractivity contribution is 0.355. The van der Waals surface area contributed by atoms with Gasteiger partial charge in [0.15, 0.2) is 11.5 Å². The predicted molar refractivity (Wildman–Crippen MR) is 68.0 cm³/mol. The van der Waals surface area contributed by atoms with Gasteiger partial charge in [-0.2, -0.15) is 5.10 Å². The van der Waals surface area contributed by atoms with Crippen LogP contribution in [0.25, 0.3) is 11.1 Å². The van der Waals surface area contributed by atoms with Gasteiger partial charge in [-0.25, -0.2) is 0 Å². The second kappa shape index (κ2) is 4.97. The molecule has 1 N–H and O–H groups in total. The Kier molecular flexibility index (Phi) is 3.39. The normalized spacial score (nSPS) is 10.0. The Bertz CT molecular complexity index is 581. The first-order chi connectivity index (χ1) is 8.24. The Labute approximate surface area is 104 Å². The molecular weight excluding hydrogens is 236 g/mol. The number of methoxy groups -OCH3 is 2. The summed E-state index contributed by atoms with van der Waals surface area (Å²) in [6.45, 7) is 0. The molecule has 0 aliphatic heterocycles. The Balaban J connectivity index is 2.50. The van der Waals surface area contributed by atoms with Gasteiger partial charge in [-0.05, 0) is 23.8 Å². The first-order valence-corrected chi connectivity index (χ1v) is 5.42. The fourth-order valence-electron chi connectivity index (χ4n) is 1.55. The zero-order chi connectivity index (χ0) is 12.3. The van der Waals surface area contributed by atoms with E-state index < -0.39 is 0 Å². The molecule has 2 rings (SSSR count). The standard InChI is InChI=1S/C12H12N2O2S/c1-15-10-4-3-8(5-11(10)16-2)9-6-12(17)14-13-7-9/h3-7H,1-2H3,(H,14,17). The molecule has 0 amide bonds. The van der Waals surface area contributed by atoms with Gasteiger partial charge in [0.2, 0.25) is 0 Å². The minimum Gasteiger partial charge on any atom is -0.493 e. The zero-order valence-corrected chi connectivity index (χ0v) is 10.4. The van der Waals surface area contributed by atoms with Crippen LogP contribution in [-0.2, 0) is 0 Å². The van der Waals surface area contributed by atoms with Gasteiger partial charge in [-0.3, -0.25) is 5.10 Å². The van der Waals surface area contributed by atoms with Crippen molar-refractivity contribution >= 4 is 12.2 Å². The van der Waals surface area contributed by atoms with Crippen LogP contribution >= 0.6 is 12.2 Å². The Morgan fingerprint density at radius 1 is 1.06 bits per heavy atom. The van der Waals surface area contributed by atoms with Gasteiger partial charge < -0.3 is 9.47 Å². The number of ether oxygens (including phenoxy) is 2. The van der Waals surface area contributed by atoms with E-state index in [1.165, 1.54) is 0 Å². The van der Waals surface area contributed by atoms with Crippen molar-refractivity contribution in [1.82, 2.24) is 10.2 Å². The highest BCUT2D eigenvalue weighted by Crippen LogP contribution is 2.31. The predicted octanol–water partition coefficient (Wildman–Crippen LogP) is 2.82. The van der Waals surface area contributed by atoms with Gasteiger partial charge in [0.1, 0.15) is 4.64 Å². The second-order valence-electron chi connectivity index (χ2n) is 3.40. The molecule has 0 bridgehead atoms. The van der Waals surface area contributed by atoms with E-state index in [9.17, 15) is 0 Å². The summed E-state index contributed by atoms with van der Waals surface area (Å²) >= 11 is 5.04. The lowest BCUT2D eigenvalue weighted by Crippen LogP contribution is -1.91. The molecule has 0 radical (unpaired) electrons. The van der Waals surface area contributed by atoms with Crippen molar-refractivity contribution in [3.63, 3.8) is 0 Å². The highest BCUT2D eigenvalue weighted by molar-refractivity contribution is 7.71. The topological polar surface area (TPSA) is 47.1 Å². The van der Waals surface area contributed by atoms with Crippen molar-refractivity contribution in [3.05, 3.63) is 35.1 Å². The summed E-state index contributed by atoms with van der Waals surface area (Å²) < 4.78 is 11.0. The van der Waals surface area contributed by atoms with Crippen LogP contribution in [0.1, 0.15) is 0 Å². The van der Waals surface area contributed by atoms with E-state index in [1.807, 2.05) is 24.3 Å². The molecule has 5 heteroatoms. The van der Waals surface area contributed by atoms with Crippen LogP contribution in [0.15, 0.2) is 30.5 Å². The molecular formula is C12H12N2O2S. The van der Waals surface area contributed by atoms with Crippen LogP contribution in [0.5, 0.6) is 11.5 Å². The third kappa shape index (κ3) is 2.45. The molecule has 88 valence electrons. The minimum absolute atomic E-state index is 0.595. The van der Waals surface area contributed by atoms with Crippen molar-refractivity contribution in [2.75, 3.05) is 14.2 Å². The summed E-state index contributed by atoms with van der Waals surface area (Å²) in [5.41, 5.74) is 1.92. The summed E-state index contributed by atoms with van der Waals surface area (Å²) in [4.78, 5) is 0. The van der Waals surface area contributed by atoms with Crippen LogP contribution in [0.3, 0.4) is 0 Å². The van der Waals surface area contributed by atoms with Gasteiger partial charge in [-0.1, -0.05) is 18.3 Å². The number of aromatic nitrogens is 2. The third-order valence-corrected chi connectivity index (χ3v) is 2.59. The molecule has 0 spiro atoms. The number of hydrogen-bond donors (Lipinski definition) is 1. The molecule has 0 aliphatic rings. The molecule has 17 heavy (non-hydrogen) atoms. The van der Waals surface area contributed by atoms with Gasteiger partial charge in [0, 0.05) is 5.56 Å². The molecule has 1 aromatic heterocycles. The lowest BCUT2D eigenvalue weighted by Gasteiger charge is -2.09. The maximum atomic E-state index is 5.25. The Morgan fingerprint density at radius 2 is 1.82 bits per heavy atom. The highest BCUT2D eigenvalue weighted by atomic mass is 32.1. The van der Waals surface area contributed by atoms with Crippen LogP contribution in [0.2, 0.25) is 0 Å². The molecule has 2 aromatic rings. The van der Waals surface area contributed by atoms with Gasteiger partial charge >= 0.3 is 0 Å². The monoisotopic (exact) mass is 248 g/mol. The highest BCUT2D eigenvalue weighted by Gasteiger charge is 2.06. The first kappa shape index (κ1) is 11.6. The molecule has 0 unspecified atom stereocenters. The zero-order valence-electron chi connectivity index (χ0n) is 9.56. The van der Waals surface area contributed by atoms with Gasteiger partial charge in [0.25, 0.3) is 0 Å². The summed E-state index contributed by atoms with van der Waals surface area (Å²) in [5.74, 6) is 1.38. The van der Waals surface area contributed by atoms with Gasteiger partial charge in [-0.15, -0.1) is 0 Å². The molecule has 4 nitrogen and oxygen atoms in total. The Hall–Kier alpha value is -1.88. The summed E-state index contributed by atoms with van der Waals surface area (Å²) in [7, 11) is 3.22. The van der Waals surface area contributed by atoms with Crippen molar-refractivity contribution in [1.29, 1.82) is 0 Å². The molecule has 0 saturated carbocycles. The van der Waals surface area contributed by atoms with Crippen LogP contribution in [0, 0.1) is 4.64 Å². The lowest BCUT2D eigenvalue weighted by atomic mass is 10.1.